The Labute approximate surface area is 129 Å². The lowest BCUT2D eigenvalue weighted by Gasteiger charge is -2.07. The Morgan fingerprint density at radius 1 is 1.18 bits per heavy atom. The lowest BCUT2D eigenvalue weighted by Crippen LogP contribution is -2.09. The standard InChI is InChI=1S/C18H18FNO2/c1-12-4-8-17(22-3)14(10-12)6-9-18(21)20-16-11-15(19)7-5-13(16)2/h4-11H,1-3H3,(H,20,21)/b9-6+. The first-order valence-corrected chi connectivity index (χ1v) is 6.89. The molecule has 22 heavy (non-hydrogen) atoms. The zero-order chi connectivity index (χ0) is 16.1. The Morgan fingerprint density at radius 2 is 1.95 bits per heavy atom. The van der Waals surface area contributed by atoms with Gasteiger partial charge in [0.2, 0.25) is 5.91 Å². The van der Waals surface area contributed by atoms with Crippen LogP contribution in [-0.4, -0.2) is 13.0 Å². The van der Waals surface area contributed by atoms with Gasteiger partial charge < -0.3 is 10.1 Å². The van der Waals surface area contributed by atoms with Crippen LogP contribution in [0.3, 0.4) is 0 Å². The number of benzene rings is 2. The van der Waals surface area contributed by atoms with Crippen molar-refractivity contribution in [3.8, 4) is 5.75 Å². The number of hydrogen-bond donors (Lipinski definition) is 1. The average molecular weight is 299 g/mol. The van der Waals surface area contributed by atoms with Crippen molar-refractivity contribution in [3.63, 3.8) is 0 Å². The summed E-state index contributed by atoms with van der Waals surface area (Å²) >= 11 is 0. The quantitative estimate of drug-likeness (QED) is 0.863. The van der Waals surface area contributed by atoms with E-state index in [1.54, 1.807) is 19.3 Å². The summed E-state index contributed by atoms with van der Waals surface area (Å²) in [5.41, 5.74) is 3.15. The van der Waals surface area contributed by atoms with Crippen LogP contribution in [-0.2, 0) is 4.79 Å². The van der Waals surface area contributed by atoms with Crippen LogP contribution in [0.15, 0.2) is 42.5 Å². The smallest absolute Gasteiger partial charge is 0.248 e. The maximum Gasteiger partial charge on any atom is 0.248 e. The van der Waals surface area contributed by atoms with Crippen LogP contribution in [0.4, 0.5) is 10.1 Å². The van der Waals surface area contributed by atoms with Crippen molar-refractivity contribution < 1.29 is 13.9 Å². The van der Waals surface area contributed by atoms with E-state index in [4.69, 9.17) is 4.74 Å². The van der Waals surface area contributed by atoms with Gasteiger partial charge in [0.25, 0.3) is 0 Å². The number of hydrogen-bond acceptors (Lipinski definition) is 2. The molecule has 2 rings (SSSR count). The highest BCUT2D eigenvalue weighted by Crippen LogP contribution is 2.21. The maximum absolute atomic E-state index is 13.2. The molecule has 1 amide bonds. The summed E-state index contributed by atoms with van der Waals surface area (Å²) in [5, 5.41) is 2.67. The van der Waals surface area contributed by atoms with Crippen LogP contribution < -0.4 is 10.1 Å². The lowest BCUT2D eigenvalue weighted by molar-refractivity contribution is -0.111. The molecule has 0 saturated heterocycles. The number of rotatable bonds is 4. The molecule has 0 bridgehead atoms. The molecule has 0 aromatic heterocycles. The highest BCUT2D eigenvalue weighted by atomic mass is 19.1. The first-order chi connectivity index (χ1) is 10.5. The fourth-order valence-electron chi connectivity index (χ4n) is 2.05. The minimum absolute atomic E-state index is 0.322. The van der Waals surface area contributed by atoms with Crippen molar-refractivity contribution >= 4 is 17.7 Å². The number of anilines is 1. The number of halogens is 1. The SMILES string of the molecule is COc1ccc(C)cc1/C=C/C(=O)Nc1cc(F)ccc1C. The van der Waals surface area contributed by atoms with Gasteiger partial charge in [-0.1, -0.05) is 17.7 Å². The third kappa shape index (κ3) is 3.95. The molecule has 0 saturated carbocycles. The molecule has 0 unspecified atom stereocenters. The lowest BCUT2D eigenvalue weighted by atomic mass is 10.1. The molecule has 0 fully saturated rings. The zero-order valence-corrected chi connectivity index (χ0v) is 12.8. The maximum atomic E-state index is 13.2. The zero-order valence-electron chi connectivity index (χ0n) is 12.8. The highest BCUT2D eigenvalue weighted by molar-refractivity contribution is 6.02. The minimum Gasteiger partial charge on any atom is -0.496 e. The van der Waals surface area contributed by atoms with Gasteiger partial charge in [0, 0.05) is 17.3 Å². The van der Waals surface area contributed by atoms with Crippen molar-refractivity contribution in [1.29, 1.82) is 0 Å². The number of carbonyl (C=O) groups excluding carboxylic acids is 1. The summed E-state index contributed by atoms with van der Waals surface area (Å²) in [6, 6.07) is 10.00. The summed E-state index contributed by atoms with van der Waals surface area (Å²) < 4.78 is 18.5. The fourth-order valence-corrected chi connectivity index (χ4v) is 2.05. The second kappa shape index (κ2) is 6.89. The van der Waals surface area contributed by atoms with E-state index in [9.17, 15) is 9.18 Å². The monoisotopic (exact) mass is 299 g/mol. The van der Waals surface area contributed by atoms with Gasteiger partial charge in [-0.25, -0.2) is 4.39 Å². The number of carbonyl (C=O) groups is 1. The first kappa shape index (κ1) is 15.8. The molecule has 0 radical (unpaired) electrons. The molecule has 0 aliphatic heterocycles. The number of nitrogens with one attached hydrogen (secondary N) is 1. The minimum atomic E-state index is -0.384. The van der Waals surface area contributed by atoms with Crippen LogP contribution in [0.25, 0.3) is 6.08 Å². The van der Waals surface area contributed by atoms with Gasteiger partial charge in [-0.15, -0.1) is 0 Å². The first-order valence-electron chi connectivity index (χ1n) is 6.89. The van der Waals surface area contributed by atoms with Gasteiger partial charge in [0.05, 0.1) is 7.11 Å². The molecule has 114 valence electrons. The van der Waals surface area contributed by atoms with Gasteiger partial charge >= 0.3 is 0 Å². The predicted molar refractivity (Wildman–Crippen MR) is 86.5 cm³/mol. The van der Waals surface area contributed by atoms with Gasteiger partial charge in [0.1, 0.15) is 11.6 Å². The largest absolute Gasteiger partial charge is 0.496 e. The highest BCUT2D eigenvalue weighted by Gasteiger charge is 2.04. The Hall–Kier alpha value is -2.62. The number of methoxy groups -OCH3 is 1. The summed E-state index contributed by atoms with van der Waals surface area (Å²) in [7, 11) is 1.58. The average Bonchev–Trinajstić information content (AvgIpc) is 2.49. The Kier molecular flexibility index (Phi) is 4.94. The van der Waals surface area contributed by atoms with Crippen molar-refractivity contribution in [1.82, 2.24) is 0 Å². The molecule has 4 heteroatoms. The molecule has 3 nitrogen and oxygen atoms in total. The number of aryl methyl sites for hydroxylation is 2. The van der Waals surface area contributed by atoms with Crippen molar-refractivity contribution in [2.24, 2.45) is 0 Å². The van der Waals surface area contributed by atoms with Gasteiger partial charge in [-0.2, -0.15) is 0 Å². The third-order valence-corrected chi connectivity index (χ3v) is 3.26. The second-order valence-electron chi connectivity index (χ2n) is 5.03. The Morgan fingerprint density at radius 3 is 2.68 bits per heavy atom. The molecule has 2 aromatic rings. The topological polar surface area (TPSA) is 38.3 Å². The molecule has 0 aliphatic rings. The third-order valence-electron chi connectivity index (χ3n) is 3.26. The van der Waals surface area contributed by atoms with E-state index in [0.29, 0.717) is 11.4 Å². The van der Waals surface area contributed by atoms with Crippen LogP contribution in [0.5, 0.6) is 5.75 Å². The van der Waals surface area contributed by atoms with E-state index in [0.717, 1.165) is 16.7 Å². The fraction of sp³-hybridized carbons (Fsp3) is 0.167. The molecular weight excluding hydrogens is 281 g/mol. The van der Waals surface area contributed by atoms with Gasteiger partial charge in [-0.05, 0) is 49.8 Å². The molecular formula is C18H18FNO2. The summed E-state index contributed by atoms with van der Waals surface area (Å²) in [4.78, 5) is 12.0. The van der Waals surface area contributed by atoms with Gasteiger partial charge in [0.15, 0.2) is 0 Å². The van der Waals surface area contributed by atoms with Crippen LogP contribution >= 0.6 is 0 Å². The summed E-state index contributed by atoms with van der Waals surface area (Å²) in [6.07, 6.45) is 3.08. The van der Waals surface area contributed by atoms with E-state index >= 15 is 0 Å². The van der Waals surface area contributed by atoms with Crippen molar-refractivity contribution in [2.75, 3.05) is 12.4 Å². The number of amides is 1. The normalized spacial score (nSPS) is 10.7. The Bertz CT molecular complexity index is 723. The Balaban J connectivity index is 2.15. The summed E-state index contributed by atoms with van der Waals surface area (Å²) in [6.45, 7) is 3.77. The van der Waals surface area contributed by atoms with E-state index in [-0.39, 0.29) is 11.7 Å². The van der Waals surface area contributed by atoms with Crippen molar-refractivity contribution in [3.05, 3.63) is 65.0 Å². The van der Waals surface area contributed by atoms with Gasteiger partial charge in [-0.3, -0.25) is 4.79 Å². The van der Waals surface area contributed by atoms with Crippen LogP contribution in [0, 0.1) is 19.7 Å². The van der Waals surface area contributed by atoms with E-state index in [1.165, 1.54) is 18.2 Å². The predicted octanol–water partition coefficient (Wildman–Crippen LogP) is 4.10. The molecule has 0 aliphatic carbocycles. The molecule has 2 aromatic carbocycles. The van der Waals surface area contributed by atoms with Crippen LogP contribution in [0.2, 0.25) is 0 Å². The summed E-state index contributed by atoms with van der Waals surface area (Å²) in [5.74, 6) is -0.0147. The van der Waals surface area contributed by atoms with Crippen molar-refractivity contribution in [2.45, 2.75) is 13.8 Å². The molecule has 0 heterocycles. The van der Waals surface area contributed by atoms with E-state index in [1.807, 2.05) is 32.0 Å². The van der Waals surface area contributed by atoms with E-state index < -0.39 is 0 Å². The van der Waals surface area contributed by atoms with E-state index in [2.05, 4.69) is 5.32 Å². The van der Waals surface area contributed by atoms with Crippen LogP contribution in [0.1, 0.15) is 16.7 Å². The molecule has 1 N–H and O–H groups in total. The number of ether oxygens (including phenoxy) is 1. The second-order valence-corrected chi connectivity index (χ2v) is 5.03. The molecule has 0 atom stereocenters. The molecule has 0 spiro atoms.